The molecule has 1 aromatic heterocycles. The Labute approximate surface area is 115 Å². The number of hydrogen-bond donors (Lipinski definition) is 2. The number of carbonyl (C=O) groups is 1. The van der Waals surface area contributed by atoms with Crippen molar-refractivity contribution in [2.75, 3.05) is 14.2 Å². The molecule has 0 amide bonds. The van der Waals surface area contributed by atoms with Crippen molar-refractivity contribution in [1.29, 1.82) is 0 Å². The molecule has 0 aliphatic heterocycles. The minimum absolute atomic E-state index is 0.0815. The van der Waals surface area contributed by atoms with Crippen molar-refractivity contribution >= 4 is 16.9 Å². The van der Waals surface area contributed by atoms with E-state index in [1.165, 1.54) is 14.2 Å². The molecule has 0 radical (unpaired) electrons. The highest BCUT2D eigenvalue weighted by Gasteiger charge is 2.10. The molecule has 0 aliphatic rings. The number of aliphatic carboxylic acids is 1. The highest BCUT2D eigenvalue weighted by atomic mass is 16.5. The lowest BCUT2D eigenvalue weighted by Crippen LogP contribution is -2.13. The minimum atomic E-state index is -0.934. The molecule has 0 atom stereocenters. The van der Waals surface area contributed by atoms with Crippen molar-refractivity contribution in [3.8, 4) is 11.5 Å². The van der Waals surface area contributed by atoms with Gasteiger partial charge >= 0.3 is 5.97 Å². The van der Waals surface area contributed by atoms with Crippen LogP contribution in [0.2, 0.25) is 0 Å². The molecule has 0 saturated carbocycles. The Morgan fingerprint density at radius 2 is 1.85 bits per heavy atom. The van der Waals surface area contributed by atoms with Crippen molar-refractivity contribution in [2.45, 2.75) is 12.8 Å². The predicted molar refractivity (Wildman–Crippen MR) is 73.6 cm³/mol. The molecule has 2 N–H and O–H groups in total. The molecular weight excluding hydrogens is 262 g/mol. The van der Waals surface area contributed by atoms with E-state index in [0.717, 1.165) is 5.39 Å². The number of carboxylic acids is 1. The van der Waals surface area contributed by atoms with Crippen molar-refractivity contribution in [3.05, 3.63) is 34.1 Å². The number of fused-ring (bicyclic) bond motifs is 1. The Kier molecular flexibility index (Phi) is 3.93. The van der Waals surface area contributed by atoms with Crippen LogP contribution in [0, 0.1) is 0 Å². The number of aromatic nitrogens is 1. The summed E-state index contributed by atoms with van der Waals surface area (Å²) in [5.41, 5.74) is 0.768. The summed E-state index contributed by atoms with van der Waals surface area (Å²) in [5.74, 6) is 0.141. The standard InChI is InChI=1S/C14H15NO5/c1-19-11-6-9-5-8(3-4-13(16)17)14(18)15-10(9)7-12(11)20-2/h5-7H,3-4H2,1-2H3,(H,15,18)(H,16,17). The zero-order valence-corrected chi connectivity index (χ0v) is 11.2. The lowest BCUT2D eigenvalue weighted by molar-refractivity contribution is -0.136. The predicted octanol–water partition coefficient (Wildman–Crippen LogP) is 1.56. The summed E-state index contributed by atoms with van der Waals surface area (Å²) in [5, 5.41) is 9.45. The number of pyridine rings is 1. The van der Waals surface area contributed by atoms with Gasteiger partial charge in [-0.25, -0.2) is 0 Å². The first-order valence-electron chi connectivity index (χ1n) is 6.05. The normalized spacial score (nSPS) is 10.5. The van der Waals surface area contributed by atoms with Crippen LogP contribution in [0.4, 0.5) is 0 Å². The molecule has 2 rings (SSSR count). The summed E-state index contributed by atoms with van der Waals surface area (Å²) in [6.45, 7) is 0. The summed E-state index contributed by atoms with van der Waals surface area (Å²) >= 11 is 0. The van der Waals surface area contributed by atoms with E-state index < -0.39 is 5.97 Å². The minimum Gasteiger partial charge on any atom is -0.493 e. The highest BCUT2D eigenvalue weighted by molar-refractivity contribution is 5.83. The Morgan fingerprint density at radius 3 is 2.45 bits per heavy atom. The molecule has 0 bridgehead atoms. The number of nitrogens with one attached hydrogen (secondary N) is 1. The maximum atomic E-state index is 11.9. The van der Waals surface area contributed by atoms with Crippen LogP contribution in [0.25, 0.3) is 10.9 Å². The third-order valence-corrected chi connectivity index (χ3v) is 3.03. The van der Waals surface area contributed by atoms with Gasteiger partial charge in [0.15, 0.2) is 11.5 Å². The van der Waals surface area contributed by atoms with E-state index in [-0.39, 0.29) is 18.4 Å². The molecule has 0 aliphatic carbocycles. The van der Waals surface area contributed by atoms with Gasteiger partial charge in [0.1, 0.15) is 0 Å². The van der Waals surface area contributed by atoms with Gasteiger partial charge in [-0.2, -0.15) is 0 Å². The fourth-order valence-corrected chi connectivity index (χ4v) is 2.01. The van der Waals surface area contributed by atoms with Crippen LogP contribution in [-0.4, -0.2) is 30.3 Å². The number of aryl methyl sites for hydroxylation is 1. The Hall–Kier alpha value is -2.50. The number of methoxy groups -OCH3 is 2. The van der Waals surface area contributed by atoms with E-state index in [1.807, 2.05) is 0 Å². The summed E-state index contributed by atoms with van der Waals surface area (Å²) in [6.07, 6.45) is 0.108. The molecule has 0 spiro atoms. The molecule has 1 heterocycles. The lowest BCUT2D eigenvalue weighted by atomic mass is 10.1. The van der Waals surface area contributed by atoms with E-state index in [9.17, 15) is 9.59 Å². The monoisotopic (exact) mass is 277 g/mol. The summed E-state index contributed by atoms with van der Waals surface area (Å²) in [6, 6.07) is 5.10. The van der Waals surface area contributed by atoms with Gasteiger partial charge in [0.05, 0.1) is 19.7 Å². The first kappa shape index (κ1) is 13.9. The lowest BCUT2D eigenvalue weighted by Gasteiger charge is -2.09. The maximum Gasteiger partial charge on any atom is 0.303 e. The average Bonchev–Trinajstić information content (AvgIpc) is 2.43. The third-order valence-electron chi connectivity index (χ3n) is 3.03. The first-order chi connectivity index (χ1) is 9.55. The average molecular weight is 277 g/mol. The molecule has 0 saturated heterocycles. The van der Waals surface area contributed by atoms with Crippen LogP contribution in [0.15, 0.2) is 23.0 Å². The van der Waals surface area contributed by atoms with Gasteiger partial charge in [-0.1, -0.05) is 0 Å². The van der Waals surface area contributed by atoms with E-state index >= 15 is 0 Å². The van der Waals surface area contributed by atoms with Crippen LogP contribution >= 0.6 is 0 Å². The van der Waals surface area contributed by atoms with Gasteiger partial charge in [-0.15, -0.1) is 0 Å². The smallest absolute Gasteiger partial charge is 0.303 e. The number of aromatic amines is 1. The van der Waals surface area contributed by atoms with Gasteiger partial charge in [0, 0.05) is 23.4 Å². The van der Waals surface area contributed by atoms with Crippen LogP contribution in [0.3, 0.4) is 0 Å². The molecule has 1 aromatic carbocycles. The Balaban J connectivity index is 2.52. The quantitative estimate of drug-likeness (QED) is 0.865. The third kappa shape index (κ3) is 2.74. The SMILES string of the molecule is COc1cc2cc(CCC(=O)O)c(=O)[nH]c2cc1OC. The highest BCUT2D eigenvalue weighted by Crippen LogP contribution is 2.31. The number of carboxylic acid groups (broad SMARTS) is 1. The molecule has 2 aromatic rings. The van der Waals surface area contributed by atoms with Gasteiger partial charge in [0.2, 0.25) is 0 Å². The molecule has 20 heavy (non-hydrogen) atoms. The van der Waals surface area contributed by atoms with Gasteiger partial charge in [0.25, 0.3) is 5.56 Å². The van der Waals surface area contributed by atoms with Gasteiger partial charge in [-0.3, -0.25) is 9.59 Å². The number of ether oxygens (including phenoxy) is 2. The van der Waals surface area contributed by atoms with Gasteiger partial charge < -0.3 is 19.6 Å². The van der Waals surface area contributed by atoms with Crippen molar-refractivity contribution in [2.24, 2.45) is 0 Å². The molecule has 6 nitrogen and oxygen atoms in total. The molecule has 106 valence electrons. The Morgan fingerprint density at radius 1 is 1.20 bits per heavy atom. The van der Waals surface area contributed by atoms with E-state index in [2.05, 4.69) is 4.98 Å². The van der Waals surface area contributed by atoms with Crippen LogP contribution in [0.1, 0.15) is 12.0 Å². The topological polar surface area (TPSA) is 88.6 Å². The van der Waals surface area contributed by atoms with Crippen molar-refractivity contribution in [1.82, 2.24) is 4.98 Å². The largest absolute Gasteiger partial charge is 0.493 e. The number of hydrogen-bond acceptors (Lipinski definition) is 4. The van der Waals surface area contributed by atoms with E-state index in [1.54, 1.807) is 18.2 Å². The zero-order chi connectivity index (χ0) is 14.7. The number of rotatable bonds is 5. The maximum absolute atomic E-state index is 11.9. The van der Waals surface area contributed by atoms with Gasteiger partial charge in [-0.05, 0) is 18.6 Å². The second-order valence-electron chi connectivity index (χ2n) is 4.31. The van der Waals surface area contributed by atoms with Crippen LogP contribution in [-0.2, 0) is 11.2 Å². The summed E-state index contributed by atoms with van der Waals surface area (Å²) in [7, 11) is 3.05. The zero-order valence-electron chi connectivity index (χ0n) is 11.2. The molecule has 6 heteroatoms. The second-order valence-corrected chi connectivity index (χ2v) is 4.31. The van der Waals surface area contributed by atoms with E-state index in [0.29, 0.717) is 22.6 Å². The summed E-state index contributed by atoms with van der Waals surface area (Å²) < 4.78 is 10.4. The second kappa shape index (κ2) is 5.64. The fourth-order valence-electron chi connectivity index (χ4n) is 2.01. The number of H-pyrrole nitrogens is 1. The van der Waals surface area contributed by atoms with Crippen LogP contribution < -0.4 is 15.0 Å². The van der Waals surface area contributed by atoms with Crippen molar-refractivity contribution < 1.29 is 19.4 Å². The molecular formula is C14H15NO5. The first-order valence-corrected chi connectivity index (χ1v) is 6.05. The fraction of sp³-hybridized carbons (Fsp3) is 0.286. The van der Waals surface area contributed by atoms with Crippen molar-refractivity contribution in [3.63, 3.8) is 0 Å². The Bertz CT molecular complexity index is 705. The number of benzene rings is 1. The van der Waals surface area contributed by atoms with E-state index in [4.69, 9.17) is 14.6 Å². The molecule has 0 fully saturated rings. The molecule has 0 unspecified atom stereocenters. The van der Waals surface area contributed by atoms with Crippen LogP contribution in [0.5, 0.6) is 11.5 Å². The summed E-state index contributed by atoms with van der Waals surface area (Å²) in [4.78, 5) is 25.2.